The Balaban J connectivity index is 1.35. The number of hydrogen-bond acceptors (Lipinski definition) is 8. The van der Waals surface area contributed by atoms with Gasteiger partial charge >= 0.3 is 0 Å². The number of fused-ring (bicyclic) bond motifs is 2. The van der Waals surface area contributed by atoms with E-state index in [1.807, 2.05) is 6.07 Å². The number of carbonyl (C=O) groups excluding carboxylic acids is 3. The fraction of sp³-hybridized carbons (Fsp3) is 0.280. The molecule has 3 N–H and O–H groups in total. The highest BCUT2D eigenvalue weighted by Crippen LogP contribution is 2.38. The minimum atomic E-state index is -0.664. The number of rotatable bonds is 7. The highest BCUT2D eigenvalue weighted by atomic mass is 32.1. The smallest absolute Gasteiger partial charge is 0.225 e. The zero-order chi connectivity index (χ0) is 24.5. The number of nitrogens with one attached hydrogen (secondary N) is 1. The largest absolute Gasteiger partial charge is 0.496 e. The summed E-state index contributed by atoms with van der Waals surface area (Å²) in [5, 5.41) is 4.51. The number of hydrogen-bond donors (Lipinski definition) is 2. The SMILES string of the molecule is COc1csc(C(=O)CC2Oc3ccc(Oc4ccnc5c4CCC(=O)N5)cc3CC2C(N)=O)c1. The first-order valence-corrected chi connectivity index (χ1v) is 12.0. The van der Waals surface area contributed by atoms with E-state index in [0.717, 1.165) is 11.1 Å². The first kappa shape index (κ1) is 22.9. The second-order valence-electron chi connectivity index (χ2n) is 8.40. The lowest BCUT2D eigenvalue weighted by molar-refractivity contribution is -0.125. The van der Waals surface area contributed by atoms with E-state index in [-0.39, 0.29) is 18.1 Å². The highest BCUT2D eigenvalue weighted by molar-refractivity contribution is 7.12. The zero-order valence-corrected chi connectivity index (χ0v) is 19.7. The number of primary amides is 1. The van der Waals surface area contributed by atoms with Crippen LogP contribution < -0.4 is 25.3 Å². The molecular formula is C25H23N3O6S. The molecule has 0 spiro atoms. The van der Waals surface area contributed by atoms with Crippen LogP contribution in [0.25, 0.3) is 0 Å². The van der Waals surface area contributed by atoms with Gasteiger partial charge in [-0.1, -0.05) is 0 Å². The summed E-state index contributed by atoms with van der Waals surface area (Å²) < 4.78 is 17.3. The number of thiophene rings is 1. The predicted octanol–water partition coefficient (Wildman–Crippen LogP) is 3.51. The van der Waals surface area contributed by atoms with Gasteiger partial charge in [0.1, 0.15) is 34.9 Å². The van der Waals surface area contributed by atoms with Crippen molar-refractivity contribution >= 4 is 34.8 Å². The maximum absolute atomic E-state index is 12.8. The summed E-state index contributed by atoms with van der Waals surface area (Å²) >= 11 is 1.29. The summed E-state index contributed by atoms with van der Waals surface area (Å²) in [5.41, 5.74) is 7.28. The topological polar surface area (TPSA) is 130 Å². The minimum Gasteiger partial charge on any atom is -0.496 e. The van der Waals surface area contributed by atoms with Crippen molar-refractivity contribution in [3.63, 3.8) is 0 Å². The van der Waals surface area contributed by atoms with Crippen molar-refractivity contribution in [3.8, 4) is 23.0 Å². The Labute approximate surface area is 205 Å². The van der Waals surface area contributed by atoms with Gasteiger partial charge in [0, 0.05) is 36.0 Å². The molecule has 180 valence electrons. The summed E-state index contributed by atoms with van der Waals surface area (Å²) in [5.74, 6) is 1.48. The van der Waals surface area contributed by atoms with E-state index in [0.29, 0.717) is 53.0 Å². The molecule has 0 saturated heterocycles. The van der Waals surface area contributed by atoms with Crippen LogP contribution in [0.3, 0.4) is 0 Å². The molecule has 2 aliphatic rings. The van der Waals surface area contributed by atoms with Gasteiger partial charge in [0.15, 0.2) is 5.78 Å². The van der Waals surface area contributed by atoms with Gasteiger partial charge in [-0.05, 0) is 42.7 Å². The monoisotopic (exact) mass is 493 g/mol. The maximum Gasteiger partial charge on any atom is 0.225 e. The predicted molar refractivity (Wildman–Crippen MR) is 128 cm³/mol. The van der Waals surface area contributed by atoms with Crippen molar-refractivity contribution in [2.24, 2.45) is 11.7 Å². The van der Waals surface area contributed by atoms with Gasteiger partial charge < -0.3 is 25.3 Å². The summed E-state index contributed by atoms with van der Waals surface area (Å²) in [6.07, 6.45) is 2.18. The lowest BCUT2D eigenvalue weighted by Gasteiger charge is -2.31. The first-order valence-electron chi connectivity index (χ1n) is 11.1. The van der Waals surface area contributed by atoms with Crippen molar-refractivity contribution < 1.29 is 28.6 Å². The van der Waals surface area contributed by atoms with Gasteiger partial charge in [-0.3, -0.25) is 14.4 Å². The fourth-order valence-corrected chi connectivity index (χ4v) is 5.12. The van der Waals surface area contributed by atoms with Crippen LogP contribution in [0.5, 0.6) is 23.0 Å². The summed E-state index contributed by atoms with van der Waals surface area (Å²) in [7, 11) is 1.54. The number of nitrogens with two attached hydrogens (primary N) is 1. The molecule has 3 aromatic rings. The lowest BCUT2D eigenvalue weighted by Crippen LogP contribution is -2.42. The van der Waals surface area contributed by atoms with E-state index < -0.39 is 17.9 Å². The van der Waals surface area contributed by atoms with Crippen LogP contribution in [0.4, 0.5) is 5.82 Å². The van der Waals surface area contributed by atoms with E-state index in [1.165, 1.54) is 11.3 Å². The van der Waals surface area contributed by atoms with Crippen LogP contribution in [0.15, 0.2) is 41.9 Å². The summed E-state index contributed by atoms with van der Waals surface area (Å²) in [4.78, 5) is 41.5. The van der Waals surface area contributed by atoms with E-state index in [2.05, 4.69) is 10.3 Å². The number of carbonyl (C=O) groups is 3. The summed E-state index contributed by atoms with van der Waals surface area (Å²) in [6.45, 7) is 0. The molecule has 2 aliphatic heterocycles. The number of anilines is 1. The normalized spacial score (nSPS) is 18.5. The van der Waals surface area contributed by atoms with Gasteiger partial charge in [-0.25, -0.2) is 4.98 Å². The zero-order valence-electron chi connectivity index (χ0n) is 18.9. The number of nitrogens with zero attached hydrogens (tertiary/aromatic N) is 1. The molecular weight excluding hydrogens is 470 g/mol. The minimum absolute atomic E-state index is 0.0316. The maximum atomic E-state index is 12.8. The fourth-order valence-electron chi connectivity index (χ4n) is 4.31. The standard InChI is InChI=1S/C25H23N3O6S/c1-32-15-10-22(35-12-15)18(29)11-21-17(24(26)31)9-13-8-14(2-4-19(13)34-21)33-20-6-7-27-25-16(20)3-5-23(30)28-25/h2,4,6-8,10,12,17,21H,3,5,9,11H2,1H3,(H2,26,31)(H,27,28,30). The van der Waals surface area contributed by atoms with Gasteiger partial charge in [0.25, 0.3) is 0 Å². The average molecular weight is 494 g/mol. The quantitative estimate of drug-likeness (QED) is 0.482. The van der Waals surface area contributed by atoms with Gasteiger partial charge in [-0.2, -0.15) is 0 Å². The van der Waals surface area contributed by atoms with Gasteiger partial charge in [-0.15, -0.1) is 11.3 Å². The Morgan fingerprint density at radius 1 is 1.23 bits per heavy atom. The van der Waals surface area contributed by atoms with Crippen LogP contribution in [0.1, 0.15) is 33.6 Å². The Morgan fingerprint density at radius 2 is 2.09 bits per heavy atom. The number of methoxy groups -OCH3 is 1. The van der Waals surface area contributed by atoms with Crippen molar-refractivity contribution in [1.82, 2.24) is 4.98 Å². The molecule has 2 unspecified atom stereocenters. The highest BCUT2D eigenvalue weighted by Gasteiger charge is 2.36. The van der Waals surface area contributed by atoms with Gasteiger partial charge in [0.2, 0.25) is 11.8 Å². The number of pyridine rings is 1. The molecule has 2 atom stereocenters. The first-order chi connectivity index (χ1) is 16.9. The molecule has 0 bridgehead atoms. The van der Waals surface area contributed by atoms with E-state index in [1.54, 1.807) is 43.0 Å². The Bertz CT molecular complexity index is 1320. The van der Waals surface area contributed by atoms with Gasteiger partial charge in [0.05, 0.1) is 17.9 Å². The second kappa shape index (κ2) is 9.38. The number of ketones is 1. The molecule has 5 rings (SSSR count). The molecule has 2 amide bonds. The molecule has 2 aromatic heterocycles. The van der Waals surface area contributed by atoms with Crippen molar-refractivity contribution in [2.75, 3.05) is 12.4 Å². The number of Topliss-reactive ketones (excluding diaryl/α,β-unsaturated/α-hetero) is 1. The Morgan fingerprint density at radius 3 is 2.86 bits per heavy atom. The van der Waals surface area contributed by atoms with Crippen LogP contribution >= 0.6 is 11.3 Å². The average Bonchev–Trinajstić information content (AvgIpc) is 3.33. The molecule has 0 fully saturated rings. The Hall–Kier alpha value is -3.92. The molecule has 9 nitrogen and oxygen atoms in total. The van der Waals surface area contributed by atoms with Crippen molar-refractivity contribution in [1.29, 1.82) is 0 Å². The number of amides is 2. The van der Waals surface area contributed by atoms with E-state index >= 15 is 0 Å². The molecule has 4 heterocycles. The lowest BCUT2D eigenvalue weighted by atomic mass is 9.87. The molecule has 0 aliphatic carbocycles. The van der Waals surface area contributed by atoms with Crippen LogP contribution in [-0.2, 0) is 22.4 Å². The van der Waals surface area contributed by atoms with Crippen LogP contribution in [0, 0.1) is 5.92 Å². The Kier molecular flexibility index (Phi) is 6.12. The van der Waals surface area contributed by atoms with E-state index in [9.17, 15) is 14.4 Å². The third-order valence-corrected chi connectivity index (χ3v) is 7.09. The number of ether oxygens (including phenoxy) is 3. The third kappa shape index (κ3) is 4.69. The van der Waals surface area contributed by atoms with Crippen molar-refractivity contribution in [2.45, 2.75) is 31.8 Å². The molecule has 1 aromatic carbocycles. The van der Waals surface area contributed by atoms with Crippen LogP contribution in [-0.4, -0.2) is 35.8 Å². The molecule has 0 saturated carbocycles. The third-order valence-electron chi connectivity index (χ3n) is 6.14. The second-order valence-corrected chi connectivity index (χ2v) is 9.31. The van der Waals surface area contributed by atoms with E-state index in [4.69, 9.17) is 19.9 Å². The van der Waals surface area contributed by atoms with Crippen molar-refractivity contribution in [3.05, 3.63) is 57.9 Å². The number of benzene rings is 1. The molecule has 10 heteroatoms. The number of aromatic nitrogens is 1. The van der Waals surface area contributed by atoms with Crippen LogP contribution in [0.2, 0.25) is 0 Å². The summed E-state index contributed by atoms with van der Waals surface area (Å²) in [6, 6.07) is 8.76. The molecule has 0 radical (unpaired) electrons. The molecule has 35 heavy (non-hydrogen) atoms.